The number of benzene rings is 1. The number of pyridine rings is 1. The van der Waals surface area contributed by atoms with Gasteiger partial charge in [0.25, 0.3) is 0 Å². The molecule has 1 aromatic carbocycles. The van der Waals surface area contributed by atoms with Crippen LogP contribution in [0.15, 0.2) is 48.8 Å². The highest BCUT2D eigenvalue weighted by atomic mass is 19.1. The third kappa shape index (κ3) is 4.42. The summed E-state index contributed by atoms with van der Waals surface area (Å²) in [6, 6.07) is 7.98. The second kappa shape index (κ2) is 7.90. The zero-order valence-electron chi connectivity index (χ0n) is 13.8. The number of hydrogen-bond acceptors (Lipinski definition) is 4. The van der Waals surface area contributed by atoms with Crippen LogP contribution in [0.3, 0.4) is 0 Å². The first-order valence-electron chi connectivity index (χ1n) is 8.20. The van der Waals surface area contributed by atoms with Crippen LogP contribution in [0.4, 0.5) is 4.39 Å². The first kappa shape index (κ1) is 17.1. The fourth-order valence-electron chi connectivity index (χ4n) is 2.74. The molecule has 1 aromatic heterocycles. The molecule has 0 radical (unpaired) electrons. The van der Waals surface area contributed by atoms with Gasteiger partial charge >= 0.3 is 0 Å². The van der Waals surface area contributed by atoms with E-state index in [-0.39, 0.29) is 11.7 Å². The molecule has 1 saturated heterocycles. The number of hydrogen-bond donors (Lipinski definition) is 1. The monoisotopic (exact) mass is 341 g/mol. The van der Waals surface area contributed by atoms with Gasteiger partial charge in [-0.05, 0) is 54.8 Å². The molecule has 130 valence electrons. The Labute approximate surface area is 145 Å². The molecule has 1 fully saturated rings. The number of halogens is 1. The van der Waals surface area contributed by atoms with Gasteiger partial charge in [0.2, 0.25) is 5.91 Å². The second-order valence-electron chi connectivity index (χ2n) is 5.99. The van der Waals surface area contributed by atoms with Gasteiger partial charge in [0.1, 0.15) is 5.75 Å². The first-order valence-corrected chi connectivity index (χ1v) is 8.20. The van der Waals surface area contributed by atoms with Gasteiger partial charge in [0.15, 0.2) is 11.6 Å². The van der Waals surface area contributed by atoms with Crippen molar-refractivity contribution in [1.82, 2.24) is 9.88 Å². The van der Waals surface area contributed by atoms with Crippen LogP contribution < -0.4 is 10.5 Å². The van der Waals surface area contributed by atoms with Crippen molar-refractivity contribution in [2.75, 3.05) is 19.6 Å². The zero-order valence-corrected chi connectivity index (χ0v) is 13.8. The number of carbonyl (C=O) groups is 1. The number of nitrogens with two attached hydrogens (primary N) is 1. The van der Waals surface area contributed by atoms with Crippen LogP contribution in [0.2, 0.25) is 0 Å². The topological polar surface area (TPSA) is 68.5 Å². The fourth-order valence-corrected chi connectivity index (χ4v) is 2.74. The minimum absolute atomic E-state index is 0.0768. The molecule has 0 spiro atoms. The third-order valence-corrected chi connectivity index (χ3v) is 4.17. The summed E-state index contributed by atoms with van der Waals surface area (Å²) in [6.07, 6.45) is 7.14. The summed E-state index contributed by atoms with van der Waals surface area (Å²) in [7, 11) is 0. The van der Waals surface area contributed by atoms with Gasteiger partial charge in [-0.1, -0.05) is 6.07 Å². The summed E-state index contributed by atoms with van der Waals surface area (Å²) in [6.45, 7) is 2.00. The molecule has 1 atom stereocenters. The van der Waals surface area contributed by atoms with E-state index in [2.05, 4.69) is 4.98 Å². The molecule has 1 unspecified atom stereocenters. The lowest BCUT2D eigenvalue weighted by atomic mass is 10.1. The Bertz CT molecular complexity index is 765. The normalized spacial score (nSPS) is 17.2. The molecule has 1 aliphatic rings. The molecule has 2 N–H and O–H groups in total. The SMILES string of the molecule is NCC1CCN(C(=O)/C=C/c2ccc(Oc3cccnc3)c(F)c2)C1. The molecule has 0 bridgehead atoms. The molecule has 1 amide bonds. The predicted molar refractivity (Wildman–Crippen MR) is 93.5 cm³/mol. The van der Waals surface area contributed by atoms with Gasteiger partial charge in [-0.15, -0.1) is 0 Å². The lowest BCUT2D eigenvalue weighted by molar-refractivity contribution is -0.125. The van der Waals surface area contributed by atoms with Gasteiger partial charge in [-0.3, -0.25) is 9.78 Å². The van der Waals surface area contributed by atoms with Crippen LogP contribution in [-0.4, -0.2) is 35.4 Å². The summed E-state index contributed by atoms with van der Waals surface area (Å²) in [5.74, 6) is 0.374. The smallest absolute Gasteiger partial charge is 0.246 e. The van der Waals surface area contributed by atoms with Crippen molar-refractivity contribution in [2.24, 2.45) is 11.7 Å². The average molecular weight is 341 g/mol. The molecule has 2 heterocycles. The number of aromatic nitrogens is 1. The Morgan fingerprint density at radius 1 is 1.44 bits per heavy atom. The van der Waals surface area contributed by atoms with E-state index in [1.54, 1.807) is 35.4 Å². The first-order chi connectivity index (χ1) is 12.2. The summed E-state index contributed by atoms with van der Waals surface area (Å²) in [5.41, 5.74) is 6.23. The summed E-state index contributed by atoms with van der Waals surface area (Å²) in [4.78, 5) is 17.8. The van der Waals surface area contributed by atoms with Crippen LogP contribution in [0.5, 0.6) is 11.5 Å². The average Bonchev–Trinajstić information content (AvgIpc) is 3.12. The van der Waals surface area contributed by atoms with Crippen molar-refractivity contribution in [1.29, 1.82) is 0 Å². The van der Waals surface area contributed by atoms with Crippen LogP contribution in [-0.2, 0) is 4.79 Å². The van der Waals surface area contributed by atoms with Gasteiger partial charge in [-0.2, -0.15) is 0 Å². The van der Waals surface area contributed by atoms with E-state index in [4.69, 9.17) is 10.5 Å². The molecule has 25 heavy (non-hydrogen) atoms. The number of likely N-dealkylation sites (tertiary alicyclic amines) is 1. The van der Waals surface area contributed by atoms with E-state index in [0.29, 0.717) is 30.3 Å². The summed E-state index contributed by atoms with van der Waals surface area (Å²) >= 11 is 0. The fraction of sp³-hybridized carbons (Fsp3) is 0.263. The molecule has 6 heteroatoms. The van der Waals surface area contributed by atoms with Crippen molar-refractivity contribution in [3.05, 3.63) is 60.2 Å². The van der Waals surface area contributed by atoms with Gasteiger partial charge in [-0.25, -0.2) is 4.39 Å². The van der Waals surface area contributed by atoms with Crippen LogP contribution in [0, 0.1) is 11.7 Å². The molecule has 1 aliphatic heterocycles. The highest BCUT2D eigenvalue weighted by Crippen LogP contribution is 2.25. The third-order valence-electron chi connectivity index (χ3n) is 4.17. The minimum atomic E-state index is -0.497. The zero-order chi connectivity index (χ0) is 17.6. The van der Waals surface area contributed by atoms with Crippen molar-refractivity contribution in [3.63, 3.8) is 0 Å². The van der Waals surface area contributed by atoms with Crippen LogP contribution in [0.25, 0.3) is 6.08 Å². The number of rotatable bonds is 5. The van der Waals surface area contributed by atoms with Crippen LogP contribution in [0.1, 0.15) is 12.0 Å². The number of amides is 1. The van der Waals surface area contributed by atoms with E-state index in [1.165, 1.54) is 24.4 Å². The second-order valence-corrected chi connectivity index (χ2v) is 5.99. The lowest BCUT2D eigenvalue weighted by Crippen LogP contribution is -2.28. The number of nitrogens with zero attached hydrogens (tertiary/aromatic N) is 2. The lowest BCUT2D eigenvalue weighted by Gasteiger charge is -2.13. The van der Waals surface area contributed by atoms with Crippen molar-refractivity contribution in [2.45, 2.75) is 6.42 Å². The molecule has 3 rings (SSSR count). The van der Waals surface area contributed by atoms with Gasteiger partial charge in [0.05, 0.1) is 6.20 Å². The Balaban J connectivity index is 1.63. The number of carbonyl (C=O) groups excluding carboxylic acids is 1. The van der Waals surface area contributed by atoms with E-state index in [0.717, 1.165) is 13.0 Å². The molecule has 0 aliphatic carbocycles. The maximum atomic E-state index is 14.2. The maximum absolute atomic E-state index is 14.2. The summed E-state index contributed by atoms with van der Waals surface area (Å²) in [5, 5.41) is 0. The largest absolute Gasteiger partial charge is 0.453 e. The van der Waals surface area contributed by atoms with Crippen LogP contribution >= 0.6 is 0 Å². The predicted octanol–water partition coefficient (Wildman–Crippen LogP) is 2.83. The molecular formula is C19H20FN3O2. The summed E-state index contributed by atoms with van der Waals surface area (Å²) < 4.78 is 19.6. The number of ether oxygens (including phenoxy) is 1. The molecule has 0 saturated carbocycles. The Morgan fingerprint density at radius 3 is 3.00 bits per heavy atom. The Kier molecular flexibility index (Phi) is 5.40. The van der Waals surface area contributed by atoms with E-state index in [9.17, 15) is 9.18 Å². The maximum Gasteiger partial charge on any atom is 0.246 e. The van der Waals surface area contributed by atoms with Crippen molar-refractivity contribution >= 4 is 12.0 Å². The van der Waals surface area contributed by atoms with Crippen molar-refractivity contribution < 1.29 is 13.9 Å². The van der Waals surface area contributed by atoms with Gasteiger partial charge < -0.3 is 15.4 Å². The Morgan fingerprint density at radius 2 is 2.32 bits per heavy atom. The highest BCUT2D eigenvalue weighted by Gasteiger charge is 2.23. The standard InChI is InChI=1S/C19H20FN3O2/c20-17-10-14(3-5-18(17)25-16-2-1-8-22-12-16)4-6-19(24)23-9-7-15(11-21)13-23/h1-6,8,10,12,15H,7,9,11,13,21H2/b6-4+. The molecule has 2 aromatic rings. The van der Waals surface area contributed by atoms with E-state index < -0.39 is 5.82 Å². The van der Waals surface area contributed by atoms with E-state index in [1.807, 2.05) is 0 Å². The highest BCUT2D eigenvalue weighted by molar-refractivity contribution is 5.92. The van der Waals surface area contributed by atoms with Crippen molar-refractivity contribution in [3.8, 4) is 11.5 Å². The minimum Gasteiger partial charge on any atom is -0.453 e. The quantitative estimate of drug-likeness (QED) is 0.849. The van der Waals surface area contributed by atoms with E-state index >= 15 is 0 Å². The Hall–Kier alpha value is -2.73. The van der Waals surface area contributed by atoms with Gasteiger partial charge in [0, 0.05) is 25.4 Å². The molecular weight excluding hydrogens is 321 g/mol. The molecule has 5 nitrogen and oxygen atoms in total.